The number of ether oxygens (including phenoxy) is 1. The Morgan fingerprint density at radius 2 is 1.86 bits per heavy atom. The molecular formula is C16H16NO4-. The van der Waals surface area contributed by atoms with E-state index in [1.54, 1.807) is 12.2 Å². The minimum Gasteiger partial charge on any atom is -0.550 e. The Morgan fingerprint density at radius 1 is 1.19 bits per heavy atom. The number of carbonyl (C=O) groups is 2. The van der Waals surface area contributed by atoms with Gasteiger partial charge < -0.3 is 20.0 Å². The number of rotatable bonds is 4. The number of carboxylic acids is 1. The summed E-state index contributed by atoms with van der Waals surface area (Å²) < 4.78 is 5.48. The second-order valence-corrected chi connectivity index (χ2v) is 5.32. The number of carbonyl (C=O) groups excluding carboxylic acids is 2. The van der Waals surface area contributed by atoms with Crippen LogP contribution in [0.25, 0.3) is 0 Å². The summed E-state index contributed by atoms with van der Waals surface area (Å²) in [6, 6.07) is 7.49. The first kappa shape index (κ1) is 13.8. The lowest BCUT2D eigenvalue weighted by molar-refractivity contribution is -0.313. The molecule has 1 aromatic rings. The second-order valence-electron chi connectivity index (χ2n) is 5.32. The van der Waals surface area contributed by atoms with Crippen molar-refractivity contribution in [1.29, 1.82) is 0 Å². The monoisotopic (exact) mass is 286 g/mol. The van der Waals surface area contributed by atoms with E-state index >= 15 is 0 Å². The summed E-state index contributed by atoms with van der Waals surface area (Å²) in [5.41, 5.74) is 1.73. The van der Waals surface area contributed by atoms with Crippen LogP contribution in [-0.4, -0.2) is 24.1 Å². The van der Waals surface area contributed by atoms with Crippen LogP contribution >= 0.6 is 0 Å². The number of carboxylic acid groups (broad SMARTS) is 1. The van der Waals surface area contributed by atoms with Crippen LogP contribution in [0.3, 0.4) is 0 Å². The number of hydrogen-bond donors (Lipinski definition) is 1. The maximum atomic E-state index is 12.5. The number of aryl methyl sites for hydroxylation is 1. The van der Waals surface area contributed by atoms with E-state index in [0.717, 1.165) is 12.0 Å². The molecule has 0 radical (unpaired) electrons. The number of amides is 1. The molecule has 0 saturated carbocycles. The van der Waals surface area contributed by atoms with Gasteiger partial charge >= 0.3 is 0 Å². The summed E-state index contributed by atoms with van der Waals surface area (Å²) in [4.78, 5) is 23.7. The smallest absolute Gasteiger partial charge is 0.231 e. The number of hydrogen-bond acceptors (Lipinski definition) is 4. The molecule has 0 aliphatic carbocycles. The van der Waals surface area contributed by atoms with E-state index in [4.69, 9.17) is 4.74 Å². The Labute approximate surface area is 122 Å². The average molecular weight is 286 g/mol. The number of anilines is 1. The fourth-order valence-electron chi connectivity index (χ4n) is 3.07. The molecule has 0 spiro atoms. The molecule has 1 saturated heterocycles. The molecule has 0 aromatic heterocycles. The molecule has 1 aromatic carbocycles. The van der Waals surface area contributed by atoms with Crippen LogP contribution in [0.5, 0.6) is 0 Å². The molecule has 1 fully saturated rings. The Bertz CT molecular complexity index is 610. The first-order chi connectivity index (χ1) is 10.1. The average Bonchev–Trinajstić information content (AvgIpc) is 3.08. The van der Waals surface area contributed by atoms with Crippen molar-refractivity contribution in [2.24, 2.45) is 11.8 Å². The van der Waals surface area contributed by atoms with Gasteiger partial charge in [0.15, 0.2) is 0 Å². The third kappa shape index (κ3) is 2.34. The number of nitrogens with one attached hydrogen (secondary N) is 1. The Balaban J connectivity index is 1.82. The zero-order chi connectivity index (χ0) is 15.0. The Hall–Kier alpha value is -2.14. The van der Waals surface area contributed by atoms with Gasteiger partial charge in [-0.1, -0.05) is 37.3 Å². The lowest BCUT2D eigenvalue weighted by Gasteiger charge is -2.25. The van der Waals surface area contributed by atoms with Gasteiger partial charge in [-0.3, -0.25) is 4.79 Å². The summed E-state index contributed by atoms with van der Waals surface area (Å²) in [5.74, 6) is -3.23. The first-order valence-corrected chi connectivity index (χ1v) is 7.05. The molecular weight excluding hydrogens is 270 g/mol. The summed E-state index contributed by atoms with van der Waals surface area (Å²) in [6.45, 7) is 2.00. The van der Waals surface area contributed by atoms with Crippen LogP contribution in [-0.2, 0) is 20.7 Å². The molecule has 2 aliphatic heterocycles. The maximum Gasteiger partial charge on any atom is 0.231 e. The van der Waals surface area contributed by atoms with Gasteiger partial charge in [0.2, 0.25) is 5.91 Å². The van der Waals surface area contributed by atoms with Gasteiger partial charge in [-0.15, -0.1) is 0 Å². The van der Waals surface area contributed by atoms with Gasteiger partial charge in [-0.05, 0) is 18.1 Å². The standard InChI is InChI=1S/C16H17NO4/c1-2-9-5-3-4-6-10(9)17-15(18)13-11-7-8-12(21-11)14(13)16(19)20/h3-8,11-14H,2H2,1H3,(H,17,18)(H,19,20)/p-1/t11-,12+,13-,14-/m0/s1. The van der Waals surface area contributed by atoms with Crippen LogP contribution in [0, 0.1) is 11.8 Å². The highest BCUT2D eigenvalue weighted by atomic mass is 16.5. The molecule has 0 unspecified atom stereocenters. The van der Waals surface area contributed by atoms with Crippen LogP contribution in [0.15, 0.2) is 36.4 Å². The SMILES string of the molecule is CCc1ccccc1NC(=O)[C@@H]1[C@@H](C(=O)[O-])[C@H]2C=C[C@@H]1O2. The molecule has 1 N–H and O–H groups in total. The summed E-state index contributed by atoms with van der Waals surface area (Å²) in [6.07, 6.45) is 3.19. The van der Waals surface area contributed by atoms with Crippen molar-refractivity contribution in [3.8, 4) is 0 Å². The lowest BCUT2D eigenvalue weighted by atomic mass is 9.82. The zero-order valence-electron chi connectivity index (χ0n) is 11.6. The van der Waals surface area contributed by atoms with E-state index in [1.165, 1.54) is 0 Å². The summed E-state index contributed by atoms with van der Waals surface area (Å²) in [5, 5.41) is 14.1. The number of para-hydroxylation sites is 1. The van der Waals surface area contributed by atoms with Crippen molar-refractivity contribution in [2.45, 2.75) is 25.6 Å². The summed E-state index contributed by atoms with van der Waals surface area (Å²) in [7, 11) is 0. The number of fused-ring (bicyclic) bond motifs is 2. The third-order valence-corrected chi connectivity index (χ3v) is 4.13. The van der Waals surface area contributed by atoms with Crippen LogP contribution in [0.1, 0.15) is 12.5 Å². The van der Waals surface area contributed by atoms with Crippen LogP contribution in [0.2, 0.25) is 0 Å². The van der Waals surface area contributed by atoms with E-state index in [-0.39, 0.29) is 5.91 Å². The predicted molar refractivity (Wildman–Crippen MR) is 74.2 cm³/mol. The van der Waals surface area contributed by atoms with E-state index in [2.05, 4.69) is 5.32 Å². The van der Waals surface area contributed by atoms with E-state index in [0.29, 0.717) is 5.69 Å². The maximum absolute atomic E-state index is 12.5. The van der Waals surface area contributed by atoms with E-state index in [9.17, 15) is 14.7 Å². The topological polar surface area (TPSA) is 78.5 Å². The Morgan fingerprint density at radius 3 is 2.52 bits per heavy atom. The quantitative estimate of drug-likeness (QED) is 0.818. The molecule has 2 bridgehead atoms. The van der Waals surface area contributed by atoms with Crippen LogP contribution in [0.4, 0.5) is 5.69 Å². The highest BCUT2D eigenvalue weighted by molar-refractivity contribution is 5.97. The molecule has 3 rings (SSSR count). The summed E-state index contributed by atoms with van der Waals surface area (Å²) >= 11 is 0. The van der Waals surface area contributed by atoms with Gasteiger partial charge in [0.1, 0.15) is 0 Å². The highest BCUT2D eigenvalue weighted by Gasteiger charge is 2.50. The van der Waals surface area contributed by atoms with Gasteiger partial charge in [-0.2, -0.15) is 0 Å². The van der Waals surface area contributed by atoms with Crippen molar-refractivity contribution in [3.05, 3.63) is 42.0 Å². The van der Waals surface area contributed by atoms with Gasteiger partial charge in [0.05, 0.1) is 18.1 Å². The van der Waals surface area contributed by atoms with Crippen molar-refractivity contribution in [1.82, 2.24) is 0 Å². The minimum absolute atomic E-state index is 0.332. The molecule has 4 atom stereocenters. The van der Waals surface area contributed by atoms with Crippen molar-refractivity contribution in [3.63, 3.8) is 0 Å². The molecule has 5 nitrogen and oxygen atoms in total. The van der Waals surface area contributed by atoms with Gasteiger partial charge in [0.25, 0.3) is 0 Å². The van der Waals surface area contributed by atoms with E-state index < -0.39 is 30.0 Å². The minimum atomic E-state index is -1.24. The first-order valence-electron chi connectivity index (χ1n) is 7.05. The van der Waals surface area contributed by atoms with Crippen molar-refractivity contribution in [2.75, 3.05) is 5.32 Å². The van der Waals surface area contributed by atoms with Gasteiger partial charge in [0, 0.05) is 17.6 Å². The molecule has 2 heterocycles. The highest BCUT2D eigenvalue weighted by Crippen LogP contribution is 2.39. The van der Waals surface area contributed by atoms with Crippen LogP contribution < -0.4 is 10.4 Å². The largest absolute Gasteiger partial charge is 0.550 e. The fraction of sp³-hybridized carbons (Fsp3) is 0.375. The number of aliphatic carboxylic acids is 1. The second kappa shape index (κ2) is 5.33. The van der Waals surface area contributed by atoms with Crippen molar-refractivity contribution >= 4 is 17.6 Å². The Kier molecular flexibility index (Phi) is 3.51. The molecule has 21 heavy (non-hydrogen) atoms. The normalized spacial score (nSPS) is 29.6. The molecule has 1 amide bonds. The molecule has 110 valence electrons. The zero-order valence-corrected chi connectivity index (χ0v) is 11.6. The lowest BCUT2D eigenvalue weighted by Crippen LogP contribution is -2.45. The van der Waals surface area contributed by atoms with Gasteiger partial charge in [-0.25, -0.2) is 0 Å². The number of benzene rings is 1. The fourth-order valence-corrected chi connectivity index (χ4v) is 3.07. The molecule has 2 aliphatic rings. The van der Waals surface area contributed by atoms with Crippen molar-refractivity contribution < 1.29 is 19.4 Å². The molecule has 5 heteroatoms. The van der Waals surface area contributed by atoms with E-state index in [1.807, 2.05) is 31.2 Å². The third-order valence-electron chi connectivity index (χ3n) is 4.13. The predicted octanol–water partition coefficient (Wildman–Crippen LogP) is 0.507.